The van der Waals surface area contributed by atoms with E-state index in [1.807, 2.05) is 62.4 Å². The summed E-state index contributed by atoms with van der Waals surface area (Å²) in [5.41, 5.74) is 3.56. The minimum atomic E-state index is -0.257. The molecule has 2 aromatic rings. The lowest BCUT2D eigenvalue weighted by Gasteiger charge is -2.34. The van der Waals surface area contributed by atoms with E-state index < -0.39 is 0 Å². The number of allylic oxidation sites excluding steroid dienone is 2. The predicted octanol–water partition coefficient (Wildman–Crippen LogP) is 4.49. The van der Waals surface area contributed by atoms with Gasteiger partial charge in [0.2, 0.25) is 5.91 Å². The van der Waals surface area contributed by atoms with E-state index in [2.05, 4.69) is 5.32 Å². The molecule has 5 heteroatoms. The first-order valence-corrected chi connectivity index (χ1v) is 10.6. The molecule has 156 valence electrons. The monoisotopic (exact) mass is 405 g/mol. The summed E-state index contributed by atoms with van der Waals surface area (Å²) in [6, 6.07) is 15.8. The first kappa shape index (κ1) is 20.2. The molecule has 1 N–H and O–H groups in total. The molecule has 1 aliphatic heterocycles. The van der Waals surface area contributed by atoms with Crippen LogP contribution in [-0.2, 0) is 9.59 Å². The van der Waals surface area contributed by atoms with Crippen molar-refractivity contribution < 1.29 is 19.1 Å². The summed E-state index contributed by atoms with van der Waals surface area (Å²) < 4.78 is 11.4. The Kier molecular flexibility index (Phi) is 5.88. The molecule has 1 amide bonds. The fourth-order valence-electron chi connectivity index (χ4n) is 4.49. The van der Waals surface area contributed by atoms with Gasteiger partial charge in [-0.3, -0.25) is 9.59 Å². The number of carbonyl (C=O) groups is 2. The quantitative estimate of drug-likeness (QED) is 0.769. The Balaban J connectivity index is 1.70. The fraction of sp³-hybridized carbons (Fsp3) is 0.360. The second-order valence-corrected chi connectivity index (χ2v) is 7.71. The molecule has 2 unspecified atom stereocenters. The molecule has 4 rings (SSSR count). The number of hydrogen-bond donors (Lipinski definition) is 1. The van der Waals surface area contributed by atoms with Crippen LogP contribution in [0.25, 0.3) is 0 Å². The second kappa shape index (κ2) is 8.74. The zero-order chi connectivity index (χ0) is 21.1. The highest BCUT2D eigenvalue weighted by Crippen LogP contribution is 2.44. The SMILES string of the molecule is CCOc1ccc(C2CC(=O)NC3=C2C(=O)CC(c2ccccc2)C3)cc1OCC. The van der Waals surface area contributed by atoms with E-state index in [9.17, 15) is 9.59 Å². The van der Waals surface area contributed by atoms with E-state index in [0.29, 0.717) is 37.6 Å². The van der Waals surface area contributed by atoms with E-state index in [1.54, 1.807) is 0 Å². The average Bonchev–Trinajstić information content (AvgIpc) is 2.75. The van der Waals surface area contributed by atoms with E-state index >= 15 is 0 Å². The van der Waals surface area contributed by atoms with Crippen LogP contribution in [0, 0.1) is 0 Å². The third-order valence-electron chi connectivity index (χ3n) is 5.78. The van der Waals surface area contributed by atoms with Gasteiger partial charge >= 0.3 is 0 Å². The van der Waals surface area contributed by atoms with Crippen LogP contribution in [-0.4, -0.2) is 24.9 Å². The molecule has 0 radical (unpaired) electrons. The normalized spacial score (nSPS) is 21.1. The topological polar surface area (TPSA) is 64.6 Å². The Morgan fingerprint density at radius 1 is 0.867 bits per heavy atom. The van der Waals surface area contributed by atoms with E-state index in [4.69, 9.17) is 9.47 Å². The second-order valence-electron chi connectivity index (χ2n) is 7.71. The van der Waals surface area contributed by atoms with Crippen LogP contribution in [0.3, 0.4) is 0 Å². The number of amides is 1. The predicted molar refractivity (Wildman–Crippen MR) is 115 cm³/mol. The third-order valence-corrected chi connectivity index (χ3v) is 5.78. The largest absolute Gasteiger partial charge is 0.490 e. The van der Waals surface area contributed by atoms with Gasteiger partial charge in [0.25, 0.3) is 0 Å². The van der Waals surface area contributed by atoms with Gasteiger partial charge in [-0.2, -0.15) is 0 Å². The lowest BCUT2D eigenvalue weighted by Crippen LogP contribution is -2.38. The molecule has 1 heterocycles. The minimum absolute atomic E-state index is 0.0490. The Bertz CT molecular complexity index is 980. The minimum Gasteiger partial charge on any atom is -0.490 e. The number of rotatable bonds is 6. The smallest absolute Gasteiger partial charge is 0.225 e. The number of carbonyl (C=O) groups excluding carboxylic acids is 2. The molecular formula is C25H27NO4. The molecule has 0 spiro atoms. The Morgan fingerprint density at radius 2 is 1.60 bits per heavy atom. The van der Waals surface area contributed by atoms with Gasteiger partial charge in [0.15, 0.2) is 17.3 Å². The number of hydrogen-bond acceptors (Lipinski definition) is 4. The molecule has 0 saturated carbocycles. The average molecular weight is 405 g/mol. The summed E-state index contributed by atoms with van der Waals surface area (Å²) in [4.78, 5) is 25.7. The number of ether oxygens (including phenoxy) is 2. The number of benzene rings is 2. The molecular weight excluding hydrogens is 378 g/mol. The van der Waals surface area contributed by atoms with Crippen LogP contribution >= 0.6 is 0 Å². The lowest BCUT2D eigenvalue weighted by atomic mass is 9.73. The van der Waals surface area contributed by atoms with Gasteiger partial charge in [-0.05, 0) is 49.4 Å². The summed E-state index contributed by atoms with van der Waals surface area (Å²) in [5, 5.41) is 2.98. The van der Waals surface area contributed by atoms with E-state index in [1.165, 1.54) is 0 Å². The lowest BCUT2D eigenvalue weighted by molar-refractivity contribution is -0.122. The Hall–Kier alpha value is -3.08. The molecule has 0 aromatic heterocycles. The molecule has 0 fully saturated rings. The maximum Gasteiger partial charge on any atom is 0.225 e. The Morgan fingerprint density at radius 3 is 2.33 bits per heavy atom. The fourth-order valence-corrected chi connectivity index (χ4v) is 4.49. The summed E-state index contributed by atoms with van der Waals surface area (Å²) in [5.74, 6) is 1.23. The Labute approximate surface area is 177 Å². The van der Waals surface area contributed by atoms with Gasteiger partial charge in [0.05, 0.1) is 13.2 Å². The van der Waals surface area contributed by atoms with Crippen molar-refractivity contribution >= 4 is 11.7 Å². The van der Waals surface area contributed by atoms with Crippen LogP contribution in [0.4, 0.5) is 0 Å². The van der Waals surface area contributed by atoms with Gasteiger partial charge in [0, 0.05) is 30.0 Å². The zero-order valence-corrected chi connectivity index (χ0v) is 17.4. The van der Waals surface area contributed by atoms with Gasteiger partial charge in [-0.1, -0.05) is 36.4 Å². The summed E-state index contributed by atoms with van der Waals surface area (Å²) in [6.45, 7) is 4.90. The highest BCUT2D eigenvalue weighted by atomic mass is 16.5. The molecule has 0 saturated heterocycles. The van der Waals surface area contributed by atoms with Crippen molar-refractivity contribution in [3.63, 3.8) is 0 Å². The third kappa shape index (κ3) is 3.97. The van der Waals surface area contributed by atoms with Crippen LogP contribution in [0.1, 0.15) is 56.1 Å². The van der Waals surface area contributed by atoms with Gasteiger partial charge in [0.1, 0.15) is 0 Å². The van der Waals surface area contributed by atoms with Crippen molar-refractivity contribution in [2.75, 3.05) is 13.2 Å². The van der Waals surface area contributed by atoms with Gasteiger partial charge in [-0.25, -0.2) is 0 Å². The van der Waals surface area contributed by atoms with Crippen LogP contribution in [0.5, 0.6) is 11.5 Å². The maximum absolute atomic E-state index is 13.2. The molecule has 1 aliphatic carbocycles. The highest BCUT2D eigenvalue weighted by Gasteiger charge is 2.38. The maximum atomic E-state index is 13.2. The summed E-state index contributed by atoms with van der Waals surface area (Å²) in [7, 11) is 0. The molecule has 30 heavy (non-hydrogen) atoms. The number of nitrogens with one attached hydrogen (secondary N) is 1. The van der Waals surface area contributed by atoms with E-state index in [0.717, 1.165) is 22.4 Å². The van der Waals surface area contributed by atoms with Crippen molar-refractivity contribution in [3.8, 4) is 11.5 Å². The van der Waals surface area contributed by atoms with Crippen molar-refractivity contribution in [2.45, 2.75) is 44.9 Å². The molecule has 2 aromatic carbocycles. The zero-order valence-electron chi connectivity index (χ0n) is 17.4. The first-order valence-electron chi connectivity index (χ1n) is 10.6. The summed E-state index contributed by atoms with van der Waals surface area (Å²) >= 11 is 0. The molecule has 2 aliphatic rings. The highest BCUT2D eigenvalue weighted by molar-refractivity contribution is 6.02. The van der Waals surface area contributed by atoms with E-state index in [-0.39, 0.29) is 29.9 Å². The van der Waals surface area contributed by atoms with Gasteiger partial charge in [-0.15, -0.1) is 0 Å². The number of Topliss-reactive ketones (excluding diaryl/α,β-unsaturated/α-hetero) is 1. The van der Waals surface area contributed by atoms with Crippen LogP contribution < -0.4 is 14.8 Å². The van der Waals surface area contributed by atoms with Gasteiger partial charge < -0.3 is 14.8 Å². The molecule has 5 nitrogen and oxygen atoms in total. The summed E-state index contributed by atoms with van der Waals surface area (Å²) in [6.07, 6.45) is 1.40. The van der Waals surface area contributed by atoms with Crippen molar-refractivity contribution in [3.05, 3.63) is 70.9 Å². The molecule has 2 atom stereocenters. The van der Waals surface area contributed by atoms with Crippen molar-refractivity contribution in [1.29, 1.82) is 0 Å². The first-order chi connectivity index (χ1) is 14.6. The number of ketones is 1. The standard InChI is InChI=1S/C25H27NO4/c1-3-29-22-11-10-17(14-23(22)30-4-2)19-15-24(28)26-20-12-18(13-21(27)25(19)20)16-8-6-5-7-9-16/h5-11,14,18-19H,3-4,12-13,15H2,1-2H3,(H,26,28). The van der Waals surface area contributed by atoms with Crippen LogP contribution in [0.15, 0.2) is 59.8 Å². The van der Waals surface area contributed by atoms with Crippen molar-refractivity contribution in [1.82, 2.24) is 5.32 Å². The molecule has 0 bridgehead atoms. The van der Waals surface area contributed by atoms with Crippen LogP contribution in [0.2, 0.25) is 0 Å². The van der Waals surface area contributed by atoms with Crippen molar-refractivity contribution in [2.24, 2.45) is 0 Å².